The Bertz CT molecular complexity index is 180. The average Bonchev–Trinajstić information content (AvgIpc) is 1.98. The highest BCUT2D eigenvalue weighted by Crippen LogP contribution is 2.35. The highest BCUT2D eigenvalue weighted by molar-refractivity contribution is 5.01. The molecule has 7 heteroatoms. The van der Waals surface area contributed by atoms with Crippen LogP contribution in [0.25, 0.3) is 0 Å². The molecule has 0 aromatic heterocycles. The van der Waals surface area contributed by atoms with Crippen LogP contribution >= 0.6 is 0 Å². The normalized spacial score (nSPS) is 16.5. The van der Waals surface area contributed by atoms with Crippen LogP contribution in [-0.2, 0) is 0 Å². The lowest BCUT2D eigenvalue weighted by atomic mass is 10.2. The molecule has 0 radical (unpaired) electrons. The minimum absolute atomic E-state index is 0.123. The Hall–Kier alpha value is -0.750. The molecule has 0 bridgehead atoms. The number of hydrogen-bond acceptors (Lipinski definition) is 0. The Balaban J connectivity index is 4.54. The van der Waals surface area contributed by atoms with Crippen LogP contribution in [0.3, 0.4) is 0 Å². The van der Waals surface area contributed by atoms with Gasteiger partial charge in [-0.05, 0) is 6.08 Å². The second kappa shape index (κ2) is 3.97. The molecule has 1 atom stereocenters. The second-order valence-corrected chi connectivity index (χ2v) is 2.14. The molecule has 0 heterocycles. The van der Waals surface area contributed by atoms with Crippen LogP contribution in [0.1, 0.15) is 0 Å². The van der Waals surface area contributed by atoms with Crippen molar-refractivity contribution in [3.8, 4) is 0 Å². The van der Waals surface area contributed by atoms with E-state index in [1.165, 1.54) is 0 Å². The lowest BCUT2D eigenvalue weighted by Gasteiger charge is -2.19. The Labute approximate surface area is 69.0 Å². The smallest absolute Gasteiger partial charge is 0.247 e. The third kappa shape index (κ3) is 3.65. The Morgan fingerprint density at radius 1 is 1.08 bits per heavy atom. The summed E-state index contributed by atoms with van der Waals surface area (Å²) < 4.78 is 81.7. The van der Waals surface area contributed by atoms with Crippen LogP contribution in [0, 0.1) is 0 Å². The minimum atomic E-state index is -5.65. The number of alkyl halides is 7. The third-order valence-electron chi connectivity index (χ3n) is 1.05. The Morgan fingerprint density at radius 2 is 1.54 bits per heavy atom. The molecule has 0 N–H and O–H groups in total. The second-order valence-electron chi connectivity index (χ2n) is 2.14. The lowest BCUT2D eigenvalue weighted by Crippen LogP contribution is -2.40. The fourth-order valence-electron chi connectivity index (χ4n) is 0.504. The van der Waals surface area contributed by atoms with Gasteiger partial charge in [0.25, 0.3) is 6.17 Å². The van der Waals surface area contributed by atoms with E-state index in [2.05, 4.69) is 0 Å². The Kier molecular flexibility index (Phi) is 3.74. The number of rotatable bonds is 3. The summed E-state index contributed by atoms with van der Waals surface area (Å²) in [5.74, 6) is -4.72. The summed E-state index contributed by atoms with van der Waals surface area (Å²) in [5.41, 5.74) is 0. The number of halogens is 7. The van der Waals surface area contributed by atoms with Crippen LogP contribution in [0.5, 0.6) is 0 Å². The summed E-state index contributed by atoms with van der Waals surface area (Å²) in [6.07, 6.45) is -10.3. The van der Waals surface area contributed by atoms with Crippen molar-refractivity contribution in [1.29, 1.82) is 0 Å². The van der Waals surface area contributed by atoms with Crippen LogP contribution < -0.4 is 0 Å². The van der Waals surface area contributed by atoms with E-state index >= 15 is 0 Å². The van der Waals surface area contributed by atoms with Gasteiger partial charge < -0.3 is 0 Å². The highest BCUT2D eigenvalue weighted by Gasteiger charge is 2.55. The molecule has 0 aromatic carbocycles. The maximum atomic E-state index is 12.2. The van der Waals surface area contributed by atoms with Crippen molar-refractivity contribution in [2.75, 3.05) is 6.67 Å². The van der Waals surface area contributed by atoms with Gasteiger partial charge in [-0.25, -0.2) is 8.78 Å². The first-order valence-electron chi connectivity index (χ1n) is 3.04. The van der Waals surface area contributed by atoms with Gasteiger partial charge in [-0.3, -0.25) is 0 Å². The quantitative estimate of drug-likeness (QED) is 0.496. The highest BCUT2D eigenvalue weighted by atomic mass is 19.4. The van der Waals surface area contributed by atoms with Crippen molar-refractivity contribution in [2.45, 2.75) is 18.3 Å². The molecule has 0 aromatic rings. The molecule has 0 aliphatic rings. The largest absolute Gasteiger partial charge is 0.426 e. The monoisotopic (exact) mass is 210 g/mol. The first-order chi connectivity index (χ1) is 5.72. The van der Waals surface area contributed by atoms with E-state index in [1.807, 2.05) is 0 Å². The van der Waals surface area contributed by atoms with Crippen molar-refractivity contribution in [3.05, 3.63) is 12.2 Å². The van der Waals surface area contributed by atoms with Gasteiger partial charge in [0.2, 0.25) is 0 Å². The van der Waals surface area contributed by atoms with E-state index in [0.29, 0.717) is 0 Å². The van der Waals surface area contributed by atoms with Crippen molar-refractivity contribution >= 4 is 0 Å². The number of allylic oxidation sites excluding steroid dienone is 2. The molecular weight excluding hydrogens is 205 g/mol. The summed E-state index contributed by atoms with van der Waals surface area (Å²) in [6, 6.07) is 0. The van der Waals surface area contributed by atoms with Crippen LogP contribution in [0.15, 0.2) is 12.2 Å². The molecule has 0 rings (SSSR count). The maximum Gasteiger partial charge on any atom is 0.426 e. The van der Waals surface area contributed by atoms with Crippen LogP contribution in [-0.4, -0.2) is 24.9 Å². The summed E-state index contributed by atoms with van der Waals surface area (Å²) in [7, 11) is 0. The maximum absolute atomic E-state index is 12.2. The van der Waals surface area contributed by atoms with E-state index < -0.39 is 31.0 Å². The van der Waals surface area contributed by atoms with Crippen molar-refractivity contribution < 1.29 is 30.7 Å². The molecule has 0 aliphatic carbocycles. The van der Waals surface area contributed by atoms with Gasteiger partial charge in [0.1, 0.15) is 6.67 Å². The standard InChI is InChI=1S/C6H5F7/c7-3-1-2-5(9,10)4(8)6(11,12)13/h1-2,4H,3H2/b2-1+/t4-/m0/s1. The summed E-state index contributed by atoms with van der Waals surface area (Å²) in [5, 5.41) is 0. The SMILES string of the molecule is FC/C=C/C(F)(F)[C@H](F)C(F)(F)F. The average molecular weight is 210 g/mol. The predicted molar refractivity (Wildman–Crippen MR) is 31.0 cm³/mol. The van der Waals surface area contributed by atoms with Crippen LogP contribution in [0.2, 0.25) is 0 Å². The van der Waals surface area contributed by atoms with Gasteiger partial charge in [0, 0.05) is 0 Å². The molecule has 0 fully saturated rings. The molecule has 78 valence electrons. The summed E-state index contributed by atoms with van der Waals surface area (Å²) >= 11 is 0. The van der Waals surface area contributed by atoms with Crippen LogP contribution in [0.4, 0.5) is 30.7 Å². The van der Waals surface area contributed by atoms with Gasteiger partial charge in [0.15, 0.2) is 0 Å². The molecule has 0 unspecified atom stereocenters. The van der Waals surface area contributed by atoms with Gasteiger partial charge in [-0.1, -0.05) is 6.08 Å². The van der Waals surface area contributed by atoms with E-state index in [-0.39, 0.29) is 6.08 Å². The third-order valence-corrected chi connectivity index (χ3v) is 1.05. The summed E-state index contributed by atoms with van der Waals surface area (Å²) in [4.78, 5) is 0. The number of hydrogen-bond donors (Lipinski definition) is 0. The van der Waals surface area contributed by atoms with Gasteiger partial charge >= 0.3 is 12.1 Å². The minimum Gasteiger partial charge on any atom is -0.247 e. The van der Waals surface area contributed by atoms with E-state index in [0.717, 1.165) is 0 Å². The molecule has 0 nitrogen and oxygen atoms in total. The molecule has 13 heavy (non-hydrogen) atoms. The molecule has 0 aliphatic heterocycles. The van der Waals surface area contributed by atoms with Gasteiger partial charge in [-0.2, -0.15) is 22.0 Å². The molecular formula is C6H5F7. The zero-order valence-corrected chi connectivity index (χ0v) is 6.08. The van der Waals surface area contributed by atoms with E-state index in [1.54, 1.807) is 0 Å². The summed E-state index contributed by atoms with van der Waals surface area (Å²) in [6.45, 7) is -1.37. The van der Waals surface area contributed by atoms with Crippen molar-refractivity contribution in [3.63, 3.8) is 0 Å². The van der Waals surface area contributed by atoms with E-state index in [4.69, 9.17) is 0 Å². The van der Waals surface area contributed by atoms with Gasteiger partial charge in [-0.15, -0.1) is 0 Å². The topological polar surface area (TPSA) is 0 Å². The fraction of sp³-hybridized carbons (Fsp3) is 0.667. The first-order valence-corrected chi connectivity index (χ1v) is 3.04. The Morgan fingerprint density at radius 3 is 1.85 bits per heavy atom. The molecule has 0 spiro atoms. The lowest BCUT2D eigenvalue weighted by molar-refractivity contribution is -0.230. The zero-order chi connectivity index (χ0) is 10.7. The molecule has 0 saturated heterocycles. The molecule has 0 amide bonds. The van der Waals surface area contributed by atoms with Gasteiger partial charge in [0.05, 0.1) is 0 Å². The first kappa shape index (κ1) is 12.2. The van der Waals surface area contributed by atoms with E-state index in [9.17, 15) is 30.7 Å². The van der Waals surface area contributed by atoms with Crippen molar-refractivity contribution in [1.82, 2.24) is 0 Å². The van der Waals surface area contributed by atoms with Crippen molar-refractivity contribution in [2.24, 2.45) is 0 Å². The fourth-order valence-corrected chi connectivity index (χ4v) is 0.504. The predicted octanol–water partition coefficient (Wildman–Crippen LogP) is 3.05. The zero-order valence-electron chi connectivity index (χ0n) is 6.08. The molecule has 0 saturated carbocycles.